The molecule has 0 unspecified atom stereocenters. The van der Waals surface area contributed by atoms with Crippen LogP contribution >= 0.6 is 0 Å². The van der Waals surface area contributed by atoms with Crippen molar-refractivity contribution in [3.63, 3.8) is 0 Å². The van der Waals surface area contributed by atoms with Gasteiger partial charge in [0, 0.05) is 12.1 Å². The van der Waals surface area contributed by atoms with Crippen LogP contribution in [0.1, 0.15) is 17.3 Å². The van der Waals surface area contributed by atoms with Crippen molar-refractivity contribution < 1.29 is 4.79 Å². The summed E-state index contributed by atoms with van der Waals surface area (Å²) in [6.07, 6.45) is 0. The van der Waals surface area contributed by atoms with Crippen LogP contribution in [0.2, 0.25) is 0 Å². The summed E-state index contributed by atoms with van der Waals surface area (Å²) in [5, 5.41) is 2.90. The van der Waals surface area contributed by atoms with E-state index in [2.05, 4.69) is 11.9 Å². The summed E-state index contributed by atoms with van der Waals surface area (Å²) in [6.45, 7) is 6.31. The minimum Gasteiger partial charge on any atom is -0.383 e. The Kier molecular flexibility index (Phi) is 3.26. The van der Waals surface area contributed by atoms with E-state index in [9.17, 15) is 4.79 Å². The minimum absolute atomic E-state index is 0.0394. The molecule has 0 bridgehead atoms. The molecule has 0 aliphatic rings. The SMILES string of the molecule is C=C(NCC)C(=O)c1ccccc1. The Morgan fingerprint density at radius 1 is 1.38 bits per heavy atom. The van der Waals surface area contributed by atoms with Crippen LogP contribution in [0.25, 0.3) is 0 Å². The van der Waals surface area contributed by atoms with Gasteiger partial charge in [-0.2, -0.15) is 0 Å². The van der Waals surface area contributed by atoms with Gasteiger partial charge in [-0.1, -0.05) is 36.9 Å². The van der Waals surface area contributed by atoms with Crippen LogP contribution < -0.4 is 5.32 Å². The highest BCUT2D eigenvalue weighted by Gasteiger charge is 2.07. The standard InChI is InChI=1S/C11H13NO/c1-3-12-9(2)11(13)10-7-5-4-6-8-10/h4-8,12H,2-3H2,1H3. The fraction of sp³-hybridized carbons (Fsp3) is 0.182. The number of hydrogen-bond acceptors (Lipinski definition) is 2. The second-order valence-corrected chi connectivity index (χ2v) is 2.70. The molecule has 2 heteroatoms. The lowest BCUT2D eigenvalue weighted by Gasteiger charge is -2.05. The summed E-state index contributed by atoms with van der Waals surface area (Å²) >= 11 is 0. The first-order valence-electron chi connectivity index (χ1n) is 4.28. The molecule has 0 amide bonds. The van der Waals surface area contributed by atoms with Crippen molar-refractivity contribution in [3.8, 4) is 0 Å². The molecular weight excluding hydrogens is 162 g/mol. The first-order chi connectivity index (χ1) is 6.25. The fourth-order valence-corrected chi connectivity index (χ4v) is 1.06. The van der Waals surface area contributed by atoms with Crippen LogP contribution in [0.15, 0.2) is 42.6 Å². The van der Waals surface area contributed by atoms with Gasteiger partial charge in [0.1, 0.15) is 0 Å². The quantitative estimate of drug-likeness (QED) is 0.560. The molecule has 68 valence electrons. The lowest BCUT2D eigenvalue weighted by atomic mass is 10.1. The molecule has 1 aromatic carbocycles. The van der Waals surface area contributed by atoms with Gasteiger partial charge in [0.25, 0.3) is 0 Å². The van der Waals surface area contributed by atoms with Gasteiger partial charge in [-0.05, 0) is 6.92 Å². The van der Waals surface area contributed by atoms with Gasteiger partial charge in [0.05, 0.1) is 5.70 Å². The van der Waals surface area contributed by atoms with Crippen LogP contribution in [-0.4, -0.2) is 12.3 Å². The highest BCUT2D eigenvalue weighted by Crippen LogP contribution is 2.03. The maximum Gasteiger partial charge on any atom is 0.208 e. The average Bonchev–Trinajstić information content (AvgIpc) is 2.18. The molecule has 0 radical (unpaired) electrons. The molecule has 0 aliphatic heterocycles. The number of carbonyl (C=O) groups excluding carboxylic acids is 1. The van der Waals surface area contributed by atoms with E-state index in [1.165, 1.54) is 0 Å². The number of nitrogens with one attached hydrogen (secondary N) is 1. The molecule has 1 N–H and O–H groups in total. The summed E-state index contributed by atoms with van der Waals surface area (Å²) in [6, 6.07) is 9.13. The Labute approximate surface area is 78.3 Å². The second-order valence-electron chi connectivity index (χ2n) is 2.70. The van der Waals surface area contributed by atoms with E-state index >= 15 is 0 Å². The predicted octanol–water partition coefficient (Wildman–Crippen LogP) is 1.99. The van der Waals surface area contributed by atoms with Gasteiger partial charge in [-0.25, -0.2) is 0 Å². The summed E-state index contributed by atoms with van der Waals surface area (Å²) in [5.74, 6) is -0.0394. The number of benzene rings is 1. The summed E-state index contributed by atoms with van der Waals surface area (Å²) in [7, 11) is 0. The summed E-state index contributed by atoms with van der Waals surface area (Å²) in [4.78, 5) is 11.6. The fourth-order valence-electron chi connectivity index (χ4n) is 1.06. The first-order valence-corrected chi connectivity index (χ1v) is 4.28. The van der Waals surface area contributed by atoms with E-state index in [4.69, 9.17) is 0 Å². The molecule has 2 nitrogen and oxygen atoms in total. The maximum absolute atomic E-state index is 11.6. The van der Waals surface area contributed by atoms with E-state index in [1.54, 1.807) is 12.1 Å². The Morgan fingerprint density at radius 2 is 2.00 bits per heavy atom. The van der Waals surface area contributed by atoms with E-state index < -0.39 is 0 Å². The van der Waals surface area contributed by atoms with Gasteiger partial charge in [-0.3, -0.25) is 4.79 Å². The first kappa shape index (κ1) is 9.52. The van der Waals surface area contributed by atoms with E-state index in [-0.39, 0.29) is 5.78 Å². The van der Waals surface area contributed by atoms with Gasteiger partial charge < -0.3 is 5.32 Å². The maximum atomic E-state index is 11.6. The van der Waals surface area contributed by atoms with E-state index in [1.807, 2.05) is 25.1 Å². The van der Waals surface area contributed by atoms with Crippen molar-refractivity contribution >= 4 is 5.78 Å². The van der Waals surface area contributed by atoms with E-state index in [0.29, 0.717) is 11.3 Å². The Balaban J connectivity index is 2.74. The highest BCUT2D eigenvalue weighted by atomic mass is 16.1. The van der Waals surface area contributed by atoms with Crippen molar-refractivity contribution in [2.75, 3.05) is 6.54 Å². The lowest BCUT2D eigenvalue weighted by molar-refractivity contribution is 0.102. The summed E-state index contributed by atoms with van der Waals surface area (Å²) < 4.78 is 0. The number of rotatable bonds is 4. The van der Waals surface area contributed by atoms with E-state index in [0.717, 1.165) is 6.54 Å². The predicted molar refractivity (Wildman–Crippen MR) is 53.6 cm³/mol. The topological polar surface area (TPSA) is 29.1 Å². The number of Topliss-reactive ketones (excluding diaryl/α,β-unsaturated/α-hetero) is 1. The number of hydrogen-bond donors (Lipinski definition) is 1. The van der Waals surface area contributed by atoms with Gasteiger partial charge in [-0.15, -0.1) is 0 Å². The van der Waals surface area contributed by atoms with Crippen molar-refractivity contribution in [2.24, 2.45) is 0 Å². The minimum atomic E-state index is -0.0394. The molecule has 1 aromatic rings. The number of likely N-dealkylation sites (N-methyl/N-ethyl adjacent to an activating group) is 1. The number of allylic oxidation sites excluding steroid dienone is 1. The molecular formula is C11H13NO. The van der Waals surface area contributed by atoms with Crippen LogP contribution in [0.5, 0.6) is 0 Å². The van der Waals surface area contributed by atoms with Gasteiger partial charge in [0.15, 0.2) is 0 Å². The molecule has 13 heavy (non-hydrogen) atoms. The van der Waals surface area contributed by atoms with Gasteiger partial charge >= 0.3 is 0 Å². The number of carbonyl (C=O) groups is 1. The molecule has 0 heterocycles. The van der Waals surface area contributed by atoms with Crippen LogP contribution in [0.3, 0.4) is 0 Å². The van der Waals surface area contributed by atoms with Gasteiger partial charge in [0.2, 0.25) is 5.78 Å². The zero-order valence-corrected chi connectivity index (χ0v) is 7.71. The monoisotopic (exact) mass is 175 g/mol. The zero-order chi connectivity index (χ0) is 9.68. The van der Waals surface area contributed by atoms with Crippen molar-refractivity contribution in [2.45, 2.75) is 6.92 Å². The third-order valence-corrected chi connectivity index (χ3v) is 1.70. The molecule has 0 aromatic heterocycles. The Hall–Kier alpha value is -1.57. The third-order valence-electron chi connectivity index (χ3n) is 1.70. The van der Waals surface area contributed by atoms with Crippen LogP contribution in [0.4, 0.5) is 0 Å². The molecule has 0 aliphatic carbocycles. The lowest BCUT2D eigenvalue weighted by Crippen LogP contribution is -2.18. The molecule has 0 saturated heterocycles. The molecule has 0 fully saturated rings. The smallest absolute Gasteiger partial charge is 0.208 e. The average molecular weight is 175 g/mol. The van der Waals surface area contributed by atoms with Crippen LogP contribution in [-0.2, 0) is 0 Å². The second kappa shape index (κ2) is 4.45. The molecule has 0 spiro atoms. The summed E-state index contributed by atoms with van der Waals surface area (Å²) in [5.41, 5.74) is 1.13. The van der Waals surface area contributed by atoms with Crippen molar-refractivity contribution in [1.82, 2.24) is 5.32 Å². The normalized spacial score (nSPS) is 9.31. The third kappa shape index (κ3) is 2.44. The Bertz CT molecular complexity index is 303. The zero-order valence-electron chi connectivity index (χ0n) is 7.71. The van der Waals surface area contributed by atoms with Crippen molar-refractivity contribution in [1.29, 1.82) is 0 Å². The highest BCUT2D eigenvalue weighted by molar-refractivity contribution is 6.07. The number of ketones is 1. The Morgan fingerprint density at radius 3 is 2.54 bits per heavy atom. The molecule has 0 saturated carbocycles. The van der Waals surface area contributed by atoms with Crippen molar-refractivity contribution in [3.05, 3.63) is 48.2 Å². The molecule has 0 atom stereocenters. The van der Waals surface area contributed by atoms with Crippen LogP contribution in [0, 0.1) is 0 Å². The molecule has 1 rings (SSSR count). The largest absolute Gasteiger partial charge is 0.383 e.